The summed E-state index contributed by atoms with van der Waals surface area (Å²) in [5.74, 6) is 0. The van der Waals surface area contributed by atoms with E-state index in [-0.39, 0.29) is 0 Å². The van der Waals surface area contributed by atoms with Gasteiger partial charge in [-0.2, -0.15) is 4.31 Å². The van der Waals surface area contributed by atoms with Crippen molar-refractivity contribution in [3.05, 3.63) is 53.3 Å². The Morgan fingerprint density at radius 3 is 2.67 bits per heavy atom. The van der Waals surface area contributed by atoms with Crippen molar-refractivity contribution in [2.45, 2.75) is 30.7 Å². The Bertz CT molecular complexity index is 805. The highest BCUT2D eigenvalue weighted by atomic mass is 35.5. The minimum atomic E-state index is -3.40. The molecule has 1 aliphatic heterocycles. The van der Waals surface area contributed by atoms with Crippen molar-refractivity contribution in [3.8, 4) is 0 Å². The Morgan fingerprint density at radius 2 is 1.92 bits per heavy atom. The lowest BCUT2D eigenvalue weighted by Gasteiger charge is -2.26. The molecule has 1 aliphatic rings. The number of aromatic nitrogens is 1. The summed E-state index contributed by atoms with van der Waals surface area (Å²) in [5.41, 5.74) is 1.75. The standard InChI is InChI=1S/C17H20ClN3O2S/c18-17-12-15(7-8-19-17)20-13-14-5-4-6-16(11-14)24(22,23)21-9-2-1-3-10-21/h4-8,11-12H,1-3,9-10,13H2,(H,19,20). The molecular weight excluding hydrogens is 346 g/mol. The highest BCUT2D eigenvalue weighted by molar-refractivity contribution is 7.89. The third-order valence-corrected chi connectivity index (χ3v) is 6.18. The van der Waals surface area contributed by atoms with E-state index in [9.17, 15) is 8.42 Å². The van der Waals surface area contributed by atoms with E-state index in [2.05, 4.69) is 10.3 Å². The van der Waals surface area contributed by atoms with Crippen LogP contribution < -0.4 is 5.32 Å². The van der Waals surface area contributed by atoms with Gasteiger partial charge in [0.05, 0.1) is 4.90 Å². The third-order valence-electron chi connectivity index (χ3n) is 4.07. The van der Waals surface area contributed by atoms with Crippen LogP contribution >= 0.6 is 11.6 Å². The zero-order valence-electron chi connectivity index (χ0n) is 13.3. The zero-order chi connectivity index (χ0) is 17.0. The third kappa shape index (κ3) is 4.06. The highest BCUT2D eigenvalue weighted by Crippen LogP contribution is 2.22. The van der Waals surface area contributed by atoms with Crippen molar-refractivity contribution >= 4 is 27.3 Å². The van der Waals surface area contributed by atoms with E-state index < -0.39 is 10.0 Å². The molecular formula is C17H20ClN3O2S. The van der Waals surface area contributed by atoms with Gasteiger partial charge in [-0.15, -0.1) is 0 Å². The molecule has 128 valence electrons. The van der Waals surface area contributed by atoms with Crippen molar-refractivity contribution in [3.63, 3.8) is 0 Å². The number of piperidine rings is 1. The number of nitrogens with zero attached hydrogens (tertiary/aromatic N) is 2. The molecule has 0 bridgehead atoms. The lowest BCUT2D eigenvalue weighted by Crippen LogP contribution is -2.35. The molecule has 24 heavy (non-hydrogen) atoms. The summed E-state index contributed by atoms with van der Waals surface area (Å²) in [7, 11) is -3.40. The first-order valence-corrected chi connectivity index (χ1v) is 9.82. The molecule has 1 N–H and O–H groups in total. The van der Waals surface area contributed by atoms with E-state index in [1.807, 2.05) is 12.1 Å². The van der Waals surface area contributed by atoms with Gasteiger partial charge >= 0.3 is 0 Å². The van der Waals surface area contributed by atoms with E-state index >= 15 is 0 Å². The minimum absolute atomic E-state index is 0.358. The first-order valence-electron chi connectivity index (χ1n) is 8.00. The Labute approximate surface area is 147 Å². The van der Waals surface area contributed by atoms with Crippen molar-refractivity contribution in [1.29, 1.82) is 0 Å². The van der Waals surface area contributed by atoms with Crippen LogP contribution in [0.1, 0.15) is 24.8 Å². The number of hydrogen-bond donors (Lipinski definition) is 1. The maximum Gasteiger partial charge on any atom is 0.243 e. The summed E-state index contributed by atoms with van der Waals surface area (Å²) in [6.07, 6.45) is 4.60. The molecule has 3 rings (SSSR count). The van der Waals surface area contributed by atoms with Gasteiger partial charge in [-0.3, -0.25) is 0 Å². The molecule has 1 saturated heterocycles. The van der Waals surface area contributed by atoms with Gasteiger partial charge in [-0.05, 0) is 42.7 Å². The summed E-state index contributed by atoms with van der Waals surface area (Å²) < 4.78 is 27.1. The lowest BCUT2D eigenvalue weighted by atomic mass is 10.2. The van der Waals surface area contributed by atoms with Crippen molar-refractivity contribution in [2.24, 2.45) is 0 Å². The van der Waals surface area contributed by atoms with Gasteiger partial charge < -0.3 is 5.32 Å². The molecule has 1 fully saturated rings. The van der Waals surface area contributed by atoms with E-state index in [4.69, 9.17) is 11.6 Å². The summed E-state index contributed by atoms with van der Waals surface area (Å²) in [6.45, 7) is 1.74. The van der Waals surface area contributed by atoms with E-state index in [1.165, 1.54) is 0 Å². The van der Waals surface area contributed by atoms with Crippen molar-refractivity contribution < 1.29 is 8.42 Å². The minimum Gasteiger partial charge on any atom is -0.381 e. The molecule has 0 spiro atoms. The maximum absolute atomic E-state index is 12.7. The lowest BCUT2D eigenvalue weighted by molar-refractivity contribution is 0.346. The number of halogens is 1. The Balaban J connectivity index is 1.74. The topological polar surface area (TPSA) is 62.3 Å². The maximum atomic E-state index is 12.7. The van der Waals surface area contributed by atoms with E-state index in [0.717, 1.165) is 30.5 Å². The van der Waals surface area contributed by atoms with Crippen LogP contribution in [0.3, 0.4) is 0 Å². The molecule has 5 nitrogen and oxygen atoms in total. The second kappa shape index (κ2) is 7.51. The van der Waals surface area contributed by atoms with Crippen molar-refractivity contribution in [1.82, 2.24) is 9.29 Å². The average molecular weight is 366 g/mol. The van der Waals surface area contributed by atoms with Gasteiger partial charge in [0.2, 0.25) is 10.0 Å². The summed E-state index contributed by atoms with van der Waals surface area (Å²) >= 11 is 5.86. The van der Waals surface area contributed by atoms with Crippen molar-refractivity contribution in [2.75, 3.05) is 18.4 Å². The van der Waals surface area contributed by atoms with E-state index in [1.54, 1.807) is 34.8 Å². The average Bonchev–Trinajstić information content (AvgIpc) is 2.61. The smallest absolute Gasteiger partial charge is 0.243 e. The van der Waals surface area contributed by atoms with E-state index in [0.29, 0.717) is 29.7 Å². The molecule has 0 amide bonds. The number of pyridine rings is 1. The van der Waals surface area contributed by atoms with Gasteiger partial charge in [0, 0.05) is 31.5 Å². The van der Waals surface area contributed by atoms with Crippen LogP contribution in [0.15, 0.2) is 47.5 Å². The first kappa shape index (κ1) is 17.2. The molecule has 0 atom stereocenters. The predicted octanol–water partition coefficient (Wildman–Crippen LogP) is 3.52. The summed E-state index contributed by atoms with van der Waals surface area (Å²) in [5, 5.41) is 3.65. The fourth-order valence-corrected chi connectivity index (χ4v) is 4.55. The zero-order valence-corrected chi connectivity index (χ0v) is 14.9. The second-order valence-electron chi connectivity index (χ2n) is 5.83. The molecule has 0 saturated carbocycles. The van der Waals surface area contributed by atoms with Crippen LogP contribution in [0.4, 0.5) is 5.69 Å². The summed E-state index contributed by atoms with van der Waals surface area (Å²) in [6, 6.07) is 10.6. The van der Waals surface area contributed by atoms with Crippen LogP contribution in [0, 0.1) is 0 Å². The van der Waals surface area contributed by atoms with Gasteiger partial charge in [0.25, 0.3) is 0 Å². The fraction of sp³-hybridized carbons (Fsp3) is 0.353. The van der Waals surface area contributed by atoms with Crippen LogP contribution in [0.25, 0.3) is 0 Å². The fourth-order valence-electron chi connectivity index (χ4n) is 2.79. The number of anilines is 1. The Kier molecular flexibility index (Phi) is 5.38. The second-order valence-corrected chi connectivity index (χ2v) is 8.16. The number of nitrogens with one attached hydrogen (secondary N) is 1. The molecule has 2 aromatic rings. The highest BCUT2D eigenvalue weighted by Gasteiger charge is 2.25. The Hall–Kier alpha value is -1.63. The van der Waals surface area contributed by atoms with Gasteiger partial charge in [-0.25, -0.2) is 13.4 Å². The number of rotatable bonds is 5. The normalized spacial score (nSPS) is 16.0. The molecule has 0 aliphatic carbocycles. The van der Waals surface area contributed by atoms with Crippen LogP contribution in [0.5, 0.6) is 0 Å². The molecule has 1 aromatic heterocycles. The van der Waals surface area contributed by atoms with Gasteiger partial charge in [0.15, 0.2) is 0 Å². The number of hydrogen-bond acceptors (Lipinski definition) is 4. The molecule has 1 aromatic carbocycles. The number of benzene rings is 1. The largest absolute Gasteiger partial charge is 0.381 e. The summed E-state index contributed by atoms with van der Waals surface area (Å²) in [4.78, 5) is 4.29. The monoisotopic (exact) mass is 365 g/mol. The number of sulfonamides is 1. The first-order chi connectivity index (χ1) is 11.6. The quantitative estimate of drug-likeness (QED) is 0.823. The van der Waals surface area contributed by atoms with Crippen LogP contribution in [0.2, 0.25) is 5.15 Å². The van der Waals surface area contributed by atoms with Gasteiger partial charge in [0.1, 0.15) is 5.15 Å². The Morgan fingerprint density at radius 1 is 1.12 bits per heavy atom. The molecule has 0 unspecified atom stereocenters. The SMILES string of the molecule is O=S(=O)(c1cccc(CNc2ccnc(Cl)c2)c1)N1CCCCC1. The molecule has 2 heterocycles. The molecule has 0 radical (unpaired) electrons. The van der Waals surface area contributed by atoms with Gasteiger partial charge in [-0.1, -0.05) is 30.2 Å². The van der Waals surface area contributed by atoms with Crippen LogP contribution in [-0.2, 0) is 16.6 Å². The van der Waals surface area contributed by atoms with Crippen LogP contribution in [-0.4, -0.2) is 30.8 Å². The predicted molar refractivity (Wildman–Crippen MR) is 95.6 cm³/mol. The molecule has 7 heteroatoms.